The summed E-state index contributed by atoms with van der Waals surface area (Å²) in [6.45, 7) is 2.58. The lowest BCUT2D eigenvalue weighted by atomic mass is 10.2. The summed E-state index contributed by atoms with van der Waals surface area (Å²) >= 11 is 0. The minimum Gasteiger partial charge on any atom is -0.379 e. The lowest BCUT2D eigenvalue weighted by molar-refractivity contribution is 0.0166. The van der Waals surface area contributed by atoms with Crippen LogP contribution in [0.3, 0.4) is 0 Å². The van der Waals surface area contributed by atoms with Crippen LogP contribution < -0.4 is 10.9 Å². The number of hydrogen-bond donors (Lipinski definition) is 1. The third kappa shape index (κ3) is 4.99. The van der Waals surface area contributed by atoms with Gasteiger partial charge in [0.15, 0.2) is 0 Å². The van der Waals surface area contributed by atoms with Crippen LogP contribution in [0.15, 0.2) is 23.1 Å². The lowest BCUT2D eigenvalue weighted by Gasteiger charge is -2.10. The fraction of sp³-hybridized carbons (Fsp3) is 0.600. The van der Waals surface area contributed by atoms with E-state index in [1.807, 2.05) is 0 Å². The molecule has 0 radical (unpaired) electrons. The molecule has 0 unspecified atom stereocenters. The fourth-order valence-electron chi connectivity index (χ4n) is 2.16. The van der Waals surface area contributed by atoms with Gasteiger partial charge < -0.3 is 19.4 Å². The Morgan fingerprint density at radius 3 is 3.14 bits per heavy atom. The monoisotopic (exact) mass is 294 g/mol. The zero-order chi connectivity index (χ0) is 15.1. The van der Waals surface area contributed by atoms with Crippen LogP contribution in [-0.4, -0.2) is 42.9 Å². The second-order valence-corrected chi connectivity index (χ2v) is 5.18. The van der Waals surface area contributed by atoms with Crippen LogP contribution in [0, 0.1) is 0 Å². The maximum absolute atomic E-state index is 11.8. The van der Waals surface area contributed by atoms with E-state index in [2.05, 4.69) is 5.32 Å². The molecule has 1 amide bonds. The summed E-state index contributed by atoms with van der Waals surface area (Å²) in [5.74, 6) is -0.230. The highest BCUT2D eigenvalue weighted by molar-refractivity contribution is 5.93. The van der Waals surface area contributed by atoms with E-state index in [1.165, 1.54) is 10.6 Å². The lowest BCUT2D eigenvalue weighted by Crippen LogP contribution is -2.27. The van der Waals surface area contributed by atoms with Crippen molar-refractivity contribution in [3.05, 3.63) is 34.2 Å². The molecule has 1 aliphatic heterocycles. The quantitative estimate of drug-likeness (QED) is 0.752. The molecule has 2 rings (SSSR count). The van der Waals surface area contributed by atoms with Crippen LogP contribution in [-0.2, 0) is 16.5 Å². The number of amides is 1. The number of nitrogens with zero attached hydrogens (tertiary/aromatic N) is 1. The Labute approximate surface area is 124 Å². The van der Waals surface area contributed by atoms with Crippen LogP contribution in [0.5, 0.6) is 0 Å². The number of hydrogen-bond acceptors (Lipinski definition) is 4. The van der Waals surface area contributed by atoms with Gasteiger partial charge in [-0.05, 0) is 25.3 Å². The Kier molecular flexibility index (Phi) is 5.95. The standard InChI is InChI=1S/C15H22N2O4/c1-17-7-5-12(10-14(17)18)15(19)16-6-3-8-20-11-13-4-2-9-21-13/h5,7,10,13H,2-4,6,8-9,11H2,1H3,(H,16,19)/t13-/m0/s1. The van der Waals surface area contributed by atoms with E-state index in [4.69, 9.17) is 9.47 Å². The minimum absolute atomic E-state index is 0.192. The third-order valence-corrected chi connectivity index (χ3v) is 3.45. The highest BCUT2D eigenvalue weighted by Gasteiger charge is 2.14. The summed E-state index contributed by atoms with van der Waals surface area (Å²) in [5, 5.41) is 2.78. The number of pyridine rings is 1. The molecule has 116 valence electrons. The van der Waals surface area contributed by atoms with Gasteiger partial charge in [0.05, 0.1) is 12.7 Å². The molecular formula is C15H22N2O4. The highest BCUT2D eigenvalue weighted by Crippen LogP contribution is 2.11. The summed E-state index contributed by atoms with van der Waals surface area (Å²) in [6.07, 6.45) is 4.74. The van der Waals surface area contributed by atoms with E-state index in [0.717, 1.165) is 25.9 Å². The van der Waals surface area contributed by atoms with Crippen LogP contribution in [0.25, 0.3) is 0 Å². The molecule has 0 aromatic carbocycles. The highest BCUT2D eigenvalue weighted by atomic mass is 16.5. The van der Waals surface area contributed by atoms with E-state index in [9.17, 15) is 9.59 Å². The number of aryl methyl sites for hydroxylation is 1. The Bertz CT molecular complexity index is 521. The van der Waals surface area contributed by atoms with E-state index in [-0.39, 0.29) is 17.6 Å². The molecule has 0 spiro atoms. The molecular weight excluding hydrogens is 272 g/mol. The van der Waals surface area contributed by atoms with Gasteiger partial charge in [-0.25, -0.2) is 0 Å². The van der Waals surface area contributed by atoms with Crippen molar-refractivity contribution in [3.63, 3.8) is 0 Å². The predicted molar refractivity (Wildman–Crippen MR) is 78.4 cm³/mol. The van der Waals surface area contributed by atoms with Crippen molar-refractivity contribution in [2.75, 3.05) is 26.4 Å². The first-order valence-electron chi connectivity index (χ1n) is 7.31. The molecule has 0 bridgehead atoms. The summed E-state index contributed by atoms with van der Waals surface area (Å²) in [7, 11) is 1.65. The maximum Gasteiger partial charge on any atom is 0.251 e. The molecule has 1 fully saturated rings. The van der Waals surface area contributed by atoms with Crippen molar-refractivity contribution in [3.8, 4) is 0 Å². The number of aromatic nitrogens is 1. The molecule has 1 aromatic rings. The molecule has 0 aliphatic carbocycles. The van der Waals surface area contributed by atoms with E-state index >= 15 is 0 Å². The summed E-state index contributed by atoms with van der Waals surface area (Å²) in [5.41, 5.74) is 0.195. The van der Waals surface area contributed by atoms with Gasteiger partial charge >= 0.3 is 0 Å². The molecule has 1 aromatic heterocycles. The second kappa shape index (κ2) is 7.95. The van der Waals surface area contributed by atoms with Gasteiger partial charge in [0.25, 0.3) is 11.5 Å². The zero-order valence-corrected chi connectivity index (χ0v) is 12.3. The average molecular weight is 294 g/mol. The Hall–Kier alpha value is -1.66. The first-order chi connectivity index (χ1) is 10.2. The molecule has 0 saturated carbocycles. The van der Waals surface area contributed by atoms with Crippen LogP contribution in [0.2, 0.25) is 0 Å². The molecule has 1 saturated heterocycles. The third-order valence-electron chi connectivity index (χ3n) is 3.45. The first kappa shape index (κ1) is 15.7. The van der Waals surface area contributed by atoms with E-state index < -0.39 is 0 Å². The molecule has 21 heavy (non-hydrogen) atoms. The van der Waals surface area contributed by atoms with Gasteiger partial charge in [0.1, 0.15) is 0 Å². The van der Waals surface area contributed by atoms with Crippen LogP contribution in [0.1, 0.15) is 29.6 Å². The summed E-state index contributed by atoms with van der Waals surface area (Å²) in [6, 6.07) is 2.97. The molecule has 2 heterocycles. The second-order valence-electron chi connectivity index (χ2n) is 5.18. The van der Waals surface area contributed by atoms with Crippen molar-refractivity contribution < 1.29 is 14.3 Å². The fourth-order valence-corrected chi connectivity index (χ4v) is 2.16. The predicted octanol–water partition coefficient (Wildman–Crippen LogP) is 0.701. The summed E-state index contributed by atoms with van der Waals surface area (Å²) < 4.78 is 12.4. The smallest absolute Gasteiger partial charge is 0.251 e. The Morgan fingerprint density at radius 1 is 1.57 bits per heavy atom. The van der Waals surface area contributed by atoms with E-state index in [1.54, 1.807) is 19.3 Å². The van der Waals surface area contributed by atoms with E-state index in [0.29, 0.717) is 25.3 Å². The summed E-state index contributed by atoms with van der Waals surface area (Å²) in [4.78, 5) is 23.3. The number of carbonyl (C=O) groups excluding carboxylic acids is 1. The van der Waals surface area contributed by atoms with Crippen LogP contribution in [0.4, 0.5) is 0 Å². The Morgan fingerprint density at radius 2 is 2.43 bits per heavy atom. The van der Waals surface area contributed by atoms with Gasteiger partial charge in [0.2, 0.25) is 0 Å². The number of carbonyl (C=O) groups is 1. The number of ether oxygens (including phenoxy) is 2. The minimum atomic E-state index is -0.230. The zero-order valence-electron chi connectivity index (χ0n) is 12.3. The molecule has 1 N–H and O–H groups in total. The van der Waals surface area contributed by atoms with Gasteiger partial charge in [-0.15, -0.1) is 0 Å². The Balaban J connectivity index is 1.60. The number of rotatable bonds is 7. The maximum atomic E-state index is 11.8. The average Bonchev–Trinajstić information content (AvgIpc) is 2.98. The van der Waals surface area contributed by atoms with Gasteiger partial charge in [-0.2, -0.15) is 0 Å². The van der Waals surface area contributed by atoms with Crippen molar-refractivity contribution in [2.45, 2.75) is 25.4 Å². The van der Waals surface area contributed by atoms with Gasteiger partial charge in [-0.3, -0.25) is 9.59 Å². The first-order valence-corrected chi connectivity index (χ1v) is 7.31. The molecule has 1 atom stereocenters. The van der Waals surface area contributed by atoms with Crippen molar-refractivity contribution in [1.29, 1.82) is 0 Å². The molecule has 6 heteroatoms. The SMILES string of the molecule is Cn1ccc(C(=O)NCCCOC[C@@H]2CCCO2)cc1=O. The molecule has 6 nitrogen and oxygen atoms in total. The largest absolute Gasteiger partial charge is 0.379 e. The van der Waals surface area contributed by atoms with Crippen LogP contribution >= 0.6 is 0 Å². The van der Waals surface area contributed by atoms with Gasteiger partial charge in [0, 0.05) is 44.6 Å². The van der Waals surface area contributed by atoms with Gasteiger partial charge in [-0.1, -0.05) is 0 Å². The van der Waals surface area contributed by atoms with Crippen molar-refractivity contribution >= 4 is 5.91 Å². The molecule has 1 aliphatic rings. The number of nitrogens with one attached hydrogen (secondary N) is 1. The van der Waals surface area contributed by atoms with Crippen molar-refractivity contribution in [1.82, 2.24) is 9.88 Å². The van der Waals surface area contributed by atoms with Crippen molar-refractivity contribution in [2.24, 2.45) is 7.05 Å². The normalized spacial score (nSPS) is 17.9. The topological polar surface area (TPSA) is 69.6 Å².